The average molecular weight is 554 g/mol. The number of aromatic nitrogens is 3. The van der Waals surface area contributed by atoms with Crippen LogP contribution in [-0.2, 0) is 0 Å². The molecule has 0 amide bonds. The van der Waals surface area contributed by atoms with E-state index >= 15 is 0 Å². The van der Waals surface area contributed by atoms with Crippen LogP contribution < -0.4 is 5.56 Å². The van der Waals surface area contributed by atoms with Crippen LogP contribution in [0.4, 0.5) is 0 Å². The van der Waals surface area contributed by atoms with Crippen LogP contribution >= 0.6 is 31.9 Å². The van der Waals surface area contributed by atoms with E-state index in [4.69, 9.17) is 4.98 Å². The number of nitrogens with zero attached hydrogens (tertiary/aromatic N) is 4. The van der Waals surface area contributed by atoms with Gasteiger partial charge in [-0.05, 0) is 61.4 Å². The minimum Gasteiger partial charge on any atom is -0.316 e. The zero-order chi connectivity index (χ0) is 22.1. The van der Waals surface area contributed by atoms with Gasteiger partial charge in [0.2, 0.25) is 0 Å². The van der Waals surface area contributed by atoms with Gasteiger partial charge in [0.1, 0.15) is 5.82 Å². The van der Waals surface area contributed by atoms with Gasteiger partial charge in [-0.3, -0.25) is 4.79 Å². The molecule has 4 aromatic rings. The van der Waals surface area contributed by atoms with Gasteiger partial charge in [-0.1, -0.05) is 57.2 Å². The Morgan fingerprint density at radius 2 is 1.78 bits per heavy atom. The van der Waals surface area contributed by atoms with Crippen molar-refractivity contribution in [2.45, 2.75) is 38.0 Å². The zero-order valence-corrected chi connectivity index (χ0v) is 20.6. The van der Waals surface area contributed by atoms with Gasteiger partial charge in [0, 0.05) is 26.7 Å². The number of hydrogen-bond acceptors (Lipinski definition) is 3. The Kier molecular flexibility index (Phi) is 6.11. The molecule has 7 heteroatoms. The largest absolute Gasteiger partial charge is 0.316 e. The summed E-state index contributed by atoms with van der Waals surface area (Å²) in [5.74, 6) is 1.01. The molecular weight excluding hydrogens is 532 g/mol. The zero-order valence-electron chi connectivity index (χ0n) is 17.4. The van der Waals surface area contributed by atoms with Gasteiger partial charge < -0.3 is 4.57 Å². The fourth-order valence-corrected chi connectivity index (χ4v) is 5.13. The molecule has 2 heterocycles. The molecule has 1 aliphatic carbocycles. The van der Waals surface area contributed by atoms with E-state index in [2.05, 4.69) is 37.0 Å². The van der Waals surface area contributed by atoms with Crippen molar-refractivity contribution in [2.24, 2.45) is 5.10 Å². The fraction of sp³-hybridized carbons (Fsp3) is 0.240. The first-order valence-electron chi connectivity index (χ1n) is 10.8. The van der Waals surface area contributed by atoms with Crippen molar-refractivity contribution in [2.75, 3.05) is 0 Å². The van der Waals surface area contributed by atoms with Gasteiger partial charge in [0.05, 0.1) is 22.8 Å². The first-order valence-corrected chi connectivity index (χ1v) is 12.4. The summed E-state index contributed by atoms with van der Waals surface area (Å²) >= 11 is 7.01. The first-order chi connectivity index (χ1) is 15.6. The molecule has 5 rings (SSSR count). The molecule has 1 fully saturated rings. The van der Waals surface area contributed by atoms with Crippen LogP contribution in [-0.4, -0.2) is 20.4 Å². The summed E-state index contributed by atoms with van der Waals surface area (Å²) < 4.78 is 5.42. The van der Waals surface area contributed by atoms with Crippen molar-refractivity contribution in [1.29, 1.82) is 0 Å². The van der Waals surface area contributed by atoms with Crippen molar-refractivity contribution < 1.29 is 0 Å². The monoisotopic (exact) mass is 552 g/mol. The van der Waals surface area contributed by atoms with Crippen LogP contribution in [0.1, 0.15) is 49.5 Å². The summed E-state index contributed by atoms with van der Waals surface area (Å²) in [4.78, 5) is 18.4. The number of hydrogen-bond donors (Lipinski definition) is 0. The summed E-state index contributed by atoms with van der Waals surface area (Å²) in [6.07, 6.45) is 9.38. The maximum Gasteiger partial charge on any atom is 0.282 e. The Labute approximate surface area is 203 Å². The summed E-state index contributed by atoms with van der Waals surface area (Å²) in [6.45, 7) is 0. The fourth-order valence-electron chi connectivity index (χ4n) is 4.38. The molecule has 0 spiro atoms. The van der Waals surface area contributed by atoms with E-state index < -0.39 is 0 Å². The highest BCUT2D eigenvalue weighted by molar-refractivity contribution is 9.10. The molecule has 0 N–H and O–H groups in total. The second-order valence-corrected chi connectivity index (χ2v) is 9.94. The molecule has 0 bridgehead atoms. The molecule has 1 saturated carbocycles. The highest BCUT2D eigenvalue weighted by Gasteiger charge is 2.22. The van der Waals surface area contributed by atoms with Crippen LogP contribution in [0.3, 0.4) is 0 Å². The smallest absolute Gasteiger partial charge is 0.282 e. The lowest BCUT2D eigenvalue weighted by atomic mass is 9.88. The first kappa shape index (κ1) is 21.3. The normalized spacial score (nSPS) is 15.1. The standard InChI is InChI=1S/C25H22Br2N4O/c26-18-8-4-9-20(14-18)30-13-5-10-21(30)16-28-31-24(17-6-2-1-3-7-17)29-23-12-11-19(27)15-22(23)25(31)32/h4-5,8-17H,1-3,6-7H2. The Balaban J connectivity index is 1.62. The van der Waals surface area contributed by atoms with Gasteiger partial charge in [0.25, 0.3) is 5.56 Å². The number of fused-ring (bicyclic) bond motifs is 1. The molecule has 32 heavy (non-hydrogen) atoms. The van der Waals surface area contributed by atoms with Crippen LogP contribution in [0, 0.1) is 0 Å². The maximum absolute atomic E-state index is 13.5. The van der Waals surface area contributed by atoms with Crippen molar-refractivity contribution in [3.05, 3.63) is 91.6 Å². The predicted octanol–water partition coefficient (Wildman–Crippen LogP) is 6.64. The van der Waals surface area contributed by atoms with Crippen LogP contribution in [0.2, 0.25) is 0 Å². The summed E-state index contributed by atoms with van der Waals surface area (Å²) in [5, 5.41) is 5.25. The minimum atomic E-state index is -0.131. The average Bonchev–Trinajstić information content (AvgIpc) is 3.28. The minimum absolute atomic E-state index is 0.131. The van der Waals surface area contributed by atoms with Crippen LogP contribution in [0.25, 0.3) is 16.6 Å². The number of benzene rings is 2. The third-order valence-corrected chi connectivity index (χ3v) is 6.96. The number of halogens is 2. The molecule has 2 aromatic carbocycles. The lowest BCUT2D eigenvalue weighted by Crippen LogP contribution is -2.25. The molecule has 1 aliphatic rings. The van der Waals surface area contributed by atoms with Gasteiger partial charge in [0.15, 0.2) is 0 Å². The van der Waals surface area contributed by atoms with Gasteiger partial charge >= 0.3 is 0 Å². The topological polar surface area (TPSA) is 52.2 Å². The number of rotatable bonds is 4. The summed E-state index contributed by atoms with van der Waals surface area (Å²) in [6, 6.07) is 17.7. The van der Waals surface area contributed by atoms with Crippen molar-refractivity contribution in [3.8, 4) is 5.69 Å². The Morgan fingerprint density at radius 1 is 0.969 bits per heavy atom. The van der Waals surface area contributed by atoms with E-state index in [0.29, 0.717) is 5.39 Å². The molecule has 0 atom stereocenters. The highest BCUT2D eigenvalue weighted by atomic mass is 79.9. The van der Waals surface area contributed by atoms with Crippen LogP contribution in [0.5, 0.6) is 0 Å². The third kappa shape index (κ3) is 4.24. The van der Waals surface area contributed by atoms with Gasteiger partial charge in [-0.25, -0.2) is 4.98 Å². The van der Waals surface area contributed by atoms with E-state index in [0.717, 1.165) is 57.4 Å². The molecule has 0 radical (unpaired) electrons. The second kappa shape index (κ2) is 9.16. The molecule has 5 nitrogen and oxygen atoms in total. The predicted molar refractivity (Wildman–Crippen MR) is 136 cm³/mol. The van der Waals surface area contributed by atoms with Crippen molar-refractivity contribution in [1.82, 2.24) is 14.2 Å². The van der Waals surface area contributed by atoms with E-state index in [1.165, 1.54) is 11.1 Å². The Morgan fingerprint density at radius 3 is 2.59 bits per heavy atom. The quantitative estimate of drug-likeness (QED) is 0.266. The molecule has 0 aliphatic heterocycles. The van der Waals surface area contributed by atoms with E-state index in [1.54, 1.807) is 6.21 Å². The summed E-state index contributed by atoms with van der Waals surface area (Å²) in [5.41, 5.74) is 2.50. The lowest BCUT2D eigenvalue weighted by Gasteiger charge is -2.22. The SMILES string of the molecule is O=c1c2cc(Br)ccc2nc(C2CCCCC2)n1N=Cc1cccn1-c1cccc(Br)c1. The Bertz CT molecular complexity index is 1370. The third-order valence-electron chi connectivity index (χ3n) is 5.98. The highest BCUT2D eigenvalue weighted by Crippen LogP contribution is 2.32. The van der Waals surface area contributed by atoms with E-state index in [9.17, 15) is 4.79 Å². The molecule has 2 aromatic heterocycles. The molecule has 0 saturated heterocycles. The maximum atomic E-state index is 13.5. The van der Waals surface area contributed by atoms with Crippen LogP contribution in [0.15, 0.2) is 79.6 Å². The molecular formula is C25H22Br2N4O. The lowest BCUT2D eigenvalue weighted by molar-refractivity contribution is 0.416. The van der Waals surface area contributed by atoms with Crippen molar-refractivity contribution >= 4 is 49.0 Å². The van der Waals surface area contributed by atoms with Gasteiger partial charge in [-0.2, -0.15) is 9.78 Å². The van der Waals surface area contributed by atoms with E-state index in [-0.39, 0.29) is 11.5 Å². The van der Waals surface area contributed by atoms with Gasteiger partial charge in [-0.15, -0.1) is 0 Å². The van der Waals surface area contributed by atoms with Crippen molar-refractivity contribution in [3.63, 3.8) is 0 Å². The summed E-state index contributed by atoms with van der Waals surface area (Å²) in [7, 11) is 0. The Hall–Kier alpha value is -2.51. The van der Waals surface area contributed by atoms with E-state index in [1.807, 2.05) is 65.4 Å². The molecule has 0 unspecified atom stereocenters. The second-order valence-electron chi connectivity index (χ2n) is 8.11. The molecule has 162 valence electrons.